The van der Waals surface area contributed by atoms with Crippen LogP contribution in [0.1, 0.15) is 53.7 Å². The summed E-state index contributed by atoms with van der Waals surface area (Å²) in [6.07, 6.45) is 1.58. The van der Waals surface area contributed by atoms with Crippen molar-refractivity contribution in [3.05, 3.63) is 97.9 Å². The summed E-state index contributed by atoms with van der Waals surface area (Å²) in [7, 11) is 0. The van der Waals surface area contributed by atoms with Crippen LogP contribution >= 0.6 is 11.8 Å². The van der Waals surface area contributed by atoms with Crippen molar-refractivity contribution in [2.45, 2.75) is 33.6 Å². The molecule has 2 amide bonds. The van der Waals surface area contributed by atoms with Crippen molar-refractivity contribution in [2.24, 2.45) is 0 Å². The van der Waals surface area contributed by atoms with Gasteiger partial charge in [0.2, 0.25) is 0 Å². The molecule has 0 spiro atoms. The Morgan fingerprint density at radius 1 is 1.00 bits per heavy atom. The lowest BCUT2D eigenvalue weighted by molar-refractivity contribution is -0.384. The number of amides is 2. The molecule has 1 aliphatic rings. The SMILES string of the molecule is CCOc1cc(/C=C2\SC(=O)N(CCOc3cc(C)ccc3C(C)C)C2=O)ccc1OC(=O)c1ccc([N+](=O)[O-])cc1. The van der Waals surface area contributed by atoms with Gasteiger partial charge in [0.25, 0.3) is 16.8 Å². The molecule has 1 saturated heterocycles. The van der Waals surface area contributed by atoms with E-state index in [2.05, 4.69) is 13.8 Å². The number of ether oxygens (including phenoxy) is 3. The van der Waals surface area contributed by atoms with E-state index < -0.39 is 16.8 Å². The van der Waals surface area contributed by atoms with Crippen LogP contribution in [0.3, 0.4) is 0 Å². The highest BCUT2D eigenvalue weighted by Gasteiger charge is 2.35. The third-order valence-electron chi connectivity index (χ3n) is 6.32. The van der Waals surface area contributed by atoms with E-state index in [1.54, 1.807) is 25.1 Å². The number of carbonyl (C=O) groups is 3. The molecule has 1 aliphatic heterocycles. The standard InChI is InChI=1S/C31H30N2O8S/c1-5-39-27-17-21(7-13-25(27)41-30(35)22-8-10-23(11-9-22)33(37)38)18-28-29(34)32(31(36)42-28)14-15-40-26-16-20(4)6-12-24(26)19(2)3/h6-13,16-19H,5,14-15H2,1-4H3/b28-18-. The van der Waals surface area contributed by atoms with Crippen LogP contribution in [0.25, 0.3) is 6.08 Å². The Labute approximate surface area is 247 Å². The summed E-state index contributed by atoms with van der Waals surface area (Å²) < 4.78 is 17.1. The molecule has 42 heavy (non-hydrogen) atoms. The van der Waals surface area contributed by atoms with Crippen molar-refractivity contribution in [3.8, 4) is 17.2 Å². The average Bonchev–Trinajstić information content (AvgIpc) is 3.21. The van der Waals surface area contributed by atoms with Gasteiger partial charge in [-0.25, -0.2) is 4.79 Å². The summed E-state index contributed by atoms with van der Waals surface area (Å²) in [5.74, 6) is 0.263. The van der Waals surface area contributed by atoms with Crippen molar-refractivity contribution in [2.75, 3.05) is 19.8 Å². The van der Waals surface area contributed by atoms with E-state index in [1.165, 1.54) is 30.3 Å². The third kappa shape index (κ3) is 7.16. The molecule has 1 fully saturated rings. The Morgan fingerprint density at radius 2 is 1.74 bits per heavy atom. The van der Waals surface area contributed by atoms with Crippen LogP contribution in [0.4, 0.5) is 10.5 Å². The first-order valence-corrected chi connectivity index (χ1v) is 14.1. The molecule has 0 unspecified atom stereocenters. The smallest absolute Gasteiger partial charge is 0.343 e. The first-order chi connectivity index (χ1) is 20.1. The van der Waals surface area contributed by atoms with E-state index in [1.807, 2.05) is 25.1 Å². The molecule has 1 heterocycles. The number of nitrogens with zero attached hydrogens (tertiary/aromatic N) is 2. The second-order valence-electron chi connectivity index (χ2n) is 9.71. The Balaban J connectivity index is 1.44. The number of carbonyl (C=O) groups excluding carboxylic acids is 3. The van der Waals surface area contributed by atoms with E-state index in [-0.39, 0.29) is 58.6 Å². The van der Waals surface area contributed by atoms with Gasteiger partial charge in [-0.1, -0.05) is 32.0 Å². The maximum atomic E-state index is 13.1. The molecule has 0 saturated carbocycles. The van der Waals surface area contributed by atoms with E-state index >= 15 is 0 Å². The predicted octanol–water partition coefficient (Wildman–Crippen LogP) is 6.76. The normalized spacial score (nSPS) is 14.0. The van der Waals surface area contributed by atoms with Gasteiger partial charge in [-0.05, 0) is 84.6 Å². The van der Waals surface area contributed by atoms with Gasteiger partial charge < -0.3 is 14.2 Å². The lowest BCUT2D eigenvalue weighted by Crippen LogP contribution is -2.32. The number of benzene rings is 3. The number of imide groups is 1. The van der Waals surface area contributed by atoms with Crippen LogP contribution in [0.15, 0.2) is 65.6 Å². The van der Waals surface area contributed by atoms with Gasteiger partial charge in [-0.15, -0.1) is 0 Å². The maximum Gasteiger partial charge on any atom is 0.343 e. The molecule has 0 atom stereocenters. The average molecular weight is 591 g/mol. The summed E-state index contributed by atoms with van der Waals surface area (Å²) in [6.45, 7) is 8.44. The molecule has 0 N–H and O–H groups in total. The number of nitro benzene ring substituents is 1. The lowest BCUT2D eigenvalue weighted by atomic mass is 10.0. The molecule has 0 bridgehead atoms. The van der Waals surface area contributed by atoms with Crippen LogP contribution in [0.5, 0.6) is 17.2 Å². The number of hydrogen-bond acceptors (Lipinski definition) is 9. The minimum Gasteiger partial charge on any atom is -0.491 e. The van der Waals surface area contributed by atoms with Gasteiger partial charge in [-0.3, -0.25) is 24.6 Å². The van der Waals surface area contributed by atoms with E-state index in [0.29, 0.717) is 5.56 Å². The molecule has 3 aromatic carbocycles. The molecule has 218 valence electrons. The number of nitro groups is 1. The second kappa shape index (κ2) is 13.3. The fourth-order valence-electron chi connectivity index (χ4n) is 4.18. The molecule has 0 aliphatic carbocycles. The fourth-order valence-corrected chi connectivity index (χ4v) is 5.04. The lowest BCUT2D eigenvalue weighted by Gasteiger charge is -2.17. The van der Waals surface area contributed by atoms with E-state index in [4.69, 9.17) is 14.2 Å². The van der Waals surface area contributed by atoms with E-state index in [9.17, 15) is 24.5 Å². The highest BCUT2D eigenvalue weighted by atomic mass is 32.2. The predicted molar refractivity (Wildman–Crippen MR) is 159 cm³/mol. The number of esters is 1. The number of non-ortho nitro benzene ring substituents is 1. The van der Waals surface area contributed by atoms with E-state index in [0.717, 1.165) is 33.5 Å². The van der Waals surface area contributed by atoms with Crippen molar-refractivity contribution < 1.29 is 33.5 Å². The minimum atomic E-state index is -0.715. The number of aryl methyl sites for hydroxylation is 1. The molecule has 10 nitrogen and oxygen atoms in total. The molecule has 11 heteroatoms. The summed E-state index contributed by atoms with van der Waals surface area (Å²) in [5.41, 5.74) is 2.67. The summed E-state index contributed by atoms with van der Waals surface area (Å²) in [6, 6.07) is 15.8. The van der Waals surface area contributed by atoms with Gasteiger partial charge in [0, 0.05) is 12.1 Å². The van der Waals surface area contributed by atoms with Gasteiger partial charge >= 0.3 is 5.97 Å². The maximum absolute atomic E-state index is 13.1. The van der Waals surface area contributed by atoms with Crippen molar-refractivity contribution in [3.63, 3.8) is 0 Å². The Hall–Kier alpha value is -4.64. The monoisotopic (exact) mass is 590 g/mol. The van der Waals surface area contributed by atoms with Gasteiger partial charge in [-0.2, -0.15) is 0 Å². The molecule has 0 aromatic heterocycles. The van der Waals surface area contributed by atoms with Gasteiger partial charge in [0.15, 0.2) is 11.5 Å². The Bertz CT molecular complexity index is 1550. The van der Waals surface area contributed by atoms with Crippen molar-refractivity contribution in [1.82, 2.24) is 4.90 Å². The quantitative estimate of drug-likeness (QED) is 0.0783. The van der Waals surface area contributed by atoms with Gasteiger partial charge in [0.05, 0.1) is 28.5 Å². The molecule has 4 rings (SSSR count). The first kappa shape index (κ1) is 30.3. The molecular weight excluding hydrogens is 560 g/mol. The zero-order chi connectivity index (χ0) is 30.4. The Kier molecular flexibility index (Phi) is 9.64. The summed E-state index contributed by atoms with van der Waals surface area (Å²) >= 11 is 0.837. The first-order valence-electron chi connectivity index (χ1n) is 13.3. The number of rotatable bonds is 11. The fraction of sp³-hybridized carbons (Fsp3) is 0.258. The van der Waals surface area contributed by atoms with Crippen LogP contribution in [0, 0.1) is 17.0 Å². The highest BCUT2D eigenvalue weighted by molar-refractivity contribution is 8.18. The summed E-state index contributed by atoms with van der Waals surface area (Å²) in [5, 5.41) is 10.5. The molecule has 0 radical (unpaired) electrons. The third-order valence-corrected chi connectivity index (χ3v) is 7.23. The van der Waals surface area contributed by atoms with Crippen LogP contribution in [-0.2, 0) is 4.79 Å². The topological polar surface area (TPSA) is 125 Å². The highest BCUT2D eigenvalue weighted by Crippen LogP contribution is 2.35. The Morgan fingerprint density at radius 3 is 2.40 bits per heavy atom. The largest absolute Gasteiger partial charge is 0.491 e. The number of hydrogen-bond donors (Lipinski definition) is 0. The van der Waals surface area contributed by atoms with Crippen molar-refractivity contribution in [1.29, 1.82) is 0 Å². The second-order valence-corrected chi connectivity index (χ2v) is 10.7. The van der Waals surface area contributed by atoms with Gasteiger partial charge in [0.1, 0.15) is 12.4 Å². The van der Waals surface area contributed by atoms with Crippen LogP contribution in [-0.4, -0.2) is 46.7 Å². The van der Waals surface area contributed by atoms with Crippen LogP contribution in [0.2, 0.25) is 0 Å². The molecule has 3 aromatic rings. The molecular formula is C31H30N2O8S. The minimum absolute atomic E-state index is 0.106. The zero-order valence-corrected chi connectivity index (χ0v) is 24.4. The summed E-state index contributed by atoms with van der Waals surface area (Å²) in [4.78, 5) is 50.0. The number of thioether (sulfide) groups is 1. The zero-order valence-electron chi connectivity index (χ0n) is 23.6. The van der Waals surface area contributed by atoms with Crippen LogP contribution < -0.4 is 14.2 Å². The van der Waals surface area contributed by atoms with Crippen molar-refractivity contribution >= 4 is 40.6 Å².